The SMILES string of the molecule is CS(=O)(=O)c1nc(-c2ccc(F)c(Cl)c2)c2c(N)n(-c3ccccc3)nc2n1. The summed E-state index contributed by atoms with van der Waals surface area (Å²) in [5.41, 5.74) is 7.67. The molecule has 0 unspecified atom stereocenters. The molecular weight excluding hydrogens is 405 g/mol. The van der Waals surface area contributed by atoms with E-state index in [0.29, 0.717) is 16.6 Å². The van der Waals surface area contributed by atoms with Crippen molar-refractivity contribution in [2.24, 2.45) is 0 Å². The molecule has 2 heterocycles. The van der Waals surface area contributed by atoms with Crippen molar-refractivity contribution in [2.45, 2.75) is 5.16 Å². The van der Waals surface area contributed by atoms with E-state index in [-0.39, 0.29) is 22.2 Å². The molecule has 0 atom stereocenters. The number of nitrogens with two attached hydrogens (primary N) is 1. The second-order valence-electron chi connectivity index (χ2n) is 6.09. The Morgan fingerprint density at radius 3 is 2.46 bits per heavy atom. The summed E-state index contributed by atoms with van der Waals surface area (Å²) in [6.45, 7) is 0. The summed E-state index contributed by atoms with van der Waals surface area (Å²) in [6.07, 6.45) is 0.993. The van der Waals surface area contributed by atoms with E-state index in [1.807, 2.05) is 18.2 Å². The summed E-state index contributed by atoms with van der Waals surface area (Å²) in [7, 11) is -3.73. The molecule has 0 aliphatic heterocycles. The van der Waals surface area contributed by atoms with Gasteiger partial charge in [0, 0.05) is 11.8 Å². The standard InChI is InChI=1S/C18H13ClFN5O2S/c1-28(26,27)18-22-15(10-7-8-13(20)12(19)9-10)14-16(21)25(24-17(14)23-18)11-5-3-2-4-6-11/h2-9H,21H2,1H3. The number of hydrogen-bond acceptors (Lipinski definition) is 6. The second-order valence-corrected chi connectivity index (χ2v) is 8.40. The molecule has 10 heteroatoms. The highest BCUT2D eigenvalue weighted by Gasteiger charge is 2.23. The fraction of sp³-hybridized carbons (Fsp3) is 0.0556. The molecule has 4 aromatic rings. The molecule has 142 valence electrons. The monoisotopic (exact) mass is 417 g/mol. The fourth-order valence-corrected chi connectivity index (χ4v) is 3.47. The molecule has 0 saturated heterocycles. The molecule has 7 nitrogen and oxygen atoms in total. The van der Waals surface area contributed by atoms with E-state index < -0.39 is 20.8 Å². The van der Waals surface area contributed by atoms with Crippen LogP contribution in [0.25, 0.3) is 28.0 Å². The average Bonchev–Trinajstić information content (AvgIpc) is 3.00. The van der Waals surface area contributed by atoms with Crippen LogP contribution in [0.2, 0.25) is 5.02 Å². The van der Waals surface area contributed by atoms with Crippen LogP contribution in [0.15, 0.2) is 53.7 Å². The van der Waals surface area contributed by atoms with Gasteiger partial charge in [-0.15, -0.1) is 5.10 Å². The van der Waals surface area contributed by atoms with Crippen LogP contribution in [0, 0.1) is 5.82 Å². The van der Waals surface area contributed by atoms with Crippen molar-refractivity contribution in [3.63, 3.8) is 0 Å². The summed E-state index contributed by atoms with van der Waals surface area (Å²) < 4.78 is 39.2. The van der Waals surface area contributed by atoms with Crippen LogP contribution in [0.1, 0.15) is 0 Å². The minimum Gasteiger partial charge on any atom is -0.383 e. The number of nitrogens with zero attached hydrogens (tertiary/aromatic N) is 4. The zero-order chi connectivity index (χ0) is 20.1. The predicted molar refractivity (Wildman–Crippen MR) is 105 cm³/mol. The number of benzene rings is 2. The first-order valence-corrected chi connectivity index (χ1v) is 10.3. The molecule has 2 aromatic carbocycles. The molecule has 0 saturated carbocycles. The molecule has 2 aromatic heterocycles. The number of halogens is 2. The van der Waals surface area contributed by atoms with Crippen molar-refractivity contribution in [3.05, 3.63) is 59.4 Å². The average molecular weight is 418 g/mol. The fourth-order valence-electron chi connectivity index (χ4n) is 2.78. The Hall–Kier alpha value is -3.04. The minimum absolute atomic E-state index is 0.104. The summed E-state index contributed by atoms with van der Waals surface area (Å²) >= 11 is 5.90. The van der Waals surface area contributed by atoms with E-state index >= 15 is 0 Å². The minimum atomic E-state index is -3.73. The van der Waals surface area contributed by atoms with Crippen LogP contribution >= 0.6 is 11.6 Å². The zero-order valence-corrected chi connectivity index (χ0v) is 16.0. The molecule has 0 bridgehead atoms. The number of aromatic nitrogens is 4. The third-order valence-electron chi connectivity index (χ3n) is 4.07. The molecule has 0 aliphatic rings. The number of sulfone groups is 1. The lowest BCUT2D eigenvalue weighted by Gasteiger charge is -2.07. The van der Waals surface area contributed by atoms with E-state index in [0.717, 1.165) is 6.26 Å². The third kappa shape index (κ3) is 3.08. The lowest BCUT2D eigenvalue weighted by atomic mass is 10.1. The molecule has 0 radical (unpaired) electrons. The zero-order valence-electron chi connectivity index (χ0n) is 14.5. The summed E-state index contributed by atoms with van der Waals surface area (Å²) in [4.78, 5) is 8.23. The molecule has 28 heavy (non-hydrogen) atoms. The van der Waals surface area contributed by atoms with Gasteiger partial charge in [0.25, 0.3) is 0 Å². The van der Waals surface area contributed by atoms with Crippen LogP contribution in [0.4, 0.5) is 10.2 Å². The first kappa shape index (κ1) is 18.3. The van der Waals surface area contributed by atoms with Gasteiger partial charge in [-0.2, -0.15) is 4.98 Å². The Morgan fingerprint density at radius 2 is 1.82 bits per heavy atom. The molecule has 0 fully saturated rings. The Labute approximate surface area is 164 Å². The molecule has 4 rings (SSSR count). The van der Waals surface area contributed by atoms with E-state index in [2.05, 4.69) is 15.1 Å². The quantitative estimate of drug-likeness (QED) is 0.513. The van der Waals surface area contributed by atoms with Gasteiger partial charge in [0.2, 0.25) is 15.0 Å². The van der Waals surface area contributed by atoms with Crippen LogP contribution in [-0.4, -0.2) is 34.4 Å². The maximum atomic E-state index is 13.6. The van der Waals surface area contributed by atoms with Gasteiger partial charge in [0.15, 0.2) is 5.65 Å². The summed E-state index contributed by atoms with van der Waals surface area (Å²) in [5.74, 6) is -0.385. The van der Waals surface area contributed by atoms with Gasteiger partial charge in [0.05, 0.1) is 21.8 Å². The van der Waals surface area contributed by atoms with Gasteiger partial charge in [-0.3, -0.25) is 0 Å². The van der Waals surface area contributed by atoms with Gasteiger partial charge in [-0.1, -0.05) is 29.8 Å². The first-order valence-electron chi connectivity index (χ1n) is 8.03. The maximum absolute atomic E-state index is 13.6. The van der Waals surface area contributed by atoms with Gasteiger partial charge in [-0.25, -0.2) is 22.5 Å². The van der Waals surface area contributed by atoms with Crippen LogP contribution in [-0.2, 0) is 9.84 Å². The van der Waals surface area contributed by atoms with E-state index in [1.165, 1.54) is 22.9 Å². The molecule has 2 N–H and O–H groups in total. The lowest BCUT2D eigenvalue weighted by Crippen LogP contribution is -2.06. The smallest absolute Gasteiger partial charge is 0.249 e. The van der Waals surface area contributed by atoms with Crippen LogP contribution < -0.4 is 5.73 Å². The van der Waals surface area contributed by atoms with E-state index in [1.54, 1.807) is 12.1 Å². The first-order chi connectivity index (χ1) is 13.3. The highest BCUT2D eigenvalue weighted by molar-refractivity contribution is 7.90. The normalized spacial score (nSPS) is 11.8. The molecule has 0 amide bonds. The van der Waals surface area contributed by atoms with Gasteiger partial charge >= 0.3 is 0 Å². The Balaban J connectivity index is 2.09. The topological polar surface area (TPSA) is 104 Å². The number of fused-ring (bicyclic) bond motifs is 1. The predicted octanol–water partition coefficient (Wildman–Crippen LogP) is 3.26. The summed E-state index contributed by atoms with van der Waals surface area (Å²) in [5, 5.41) is 4.16. The molecular formula is C18H13ClFN5O2S. The van der Waals surface area contributed by atoms with Crippen molar-refractivity contribution < 1.29 is 12.8 Å². The number of rotatable bonds is 3. The number of nitrogen functional groups attached to an aromatic ring is 1. The Bertz CT molecular complexity index is 1320. The van der Waals surface area contributed by atoms with Crippen molar-refractivity contribution >= 4 is 38.3 Å². The van der Waals surface area contributed by atoms with Crippen LogP contribution in [0.3, 0.4) is 0 Å². The van der Waals surface area contributed by atoms with Gasteiger partial charge in [0.1, 0.15) is 11.6 Å². The van der Waals surface area contributed by atoms with E-state index in [9.17, 15) is 12.8 Å². The summed E-state index contributed by atoms with van der Waals surface area (Å²) in [6, 6.07) is 13.0. The van der Waals surface area contributed by atoms with Crippen molar-refractivity contribution in [1.82, 2.24) is 19.7 Å². The van der Waals surface area contributed by atoms with Gasteiger partial charge in [-0.05, 0) is 30.3 Å². The van der Waals surface area contributed by atoms with Gasteiger partial charge < -0.3 is 5.73 Å². The van der Waals surface area contributed by atoms with Crippen molar-refractivity contribution in [1.29, 1.82) is 0 Å². The number of para-hydroxylation sites is 1. The van der Waals surface area contributed by atoms with Crippen LogP contribution in [0.5, 0.6) is 0 Å². The number of anilines is 1. The Kier molecular flexibility index (Phi) is 4.28. The van der Waals surface area contributed by atoms with Crippen molar-refractivity contribution in [2.75, 3.05) is 12.0 Å². The second kappa shape index (κ2) is 6.54. The highest BCUT2D eigenvalue weighted by atomic mass is 35.5. The third-order valence-corrected chi connectivity index (χ3v) is 5.21. The lowest BCUT2D eigenvalue weighted by molar-refractivity contribution is 0.593. The highest BCUT2D eigenvalue weighted by Crippen LogP contribution is 2.34. The Morgan fingerprint density at radius 1 is 1.11 bits per heavy atom. The number of hydrogen-bond donors (Lipinski definition) is 1. The van der Waals surface area contributed by atoms with E-state index in [4.69, 9.17) is 17.3 Å². The largest absolute Gasteiger partial charge is 0.383 e. The molecule has 0 aliphatic carbocycles. The van der Waals surface area contributed by atoms with Crippen molar-refractivity contribution in [3.8, 4) is 16.9 Å². The molecule has 0 spiro atoms. The maximum Gasteiger partial charge on any atom is 0.249 e.